The summed E-state index contributed by atoms with van der Waals surface area (Å²) < 4.78 is 11.4. The van der Waals surface area contributed by atoms with Crippen molar-refractivity contribution in [1.29, 1.82) is 0 Å². The van der Waals surface area contributed by atoms with Crippen LogP contribution in [0.3, 0.4) is 0 Å². The Morgan fingerprint density at radius 2 is 1.12 bits per heavy atom. The maximum Gasteiger partial charge on any atom is 0.341 e. The van der Waals surface area contributed by atoms with Crippen molar-refractivity contribution in [1.82, 2.24) is 0 Å². The number of hydrogen-bond acceptors (Lipinski definition) is 10. The first-order chi connectivity index (χ1) is 23.6. The zero-order valence-electron chi connectivity index (χ0n) is 27.2. The quantitative estimate of drug-likeness (QED) is 0.109. The van der Waals surface area contributed by atoms with Gasteiger partial charge in [-0.05, 0) is 73.2 Å². The Labute approximate surface area is 298 Å². The van der Waals surface area contributed by atoms with Gasteiger partial charge in [0, 0.05) is 17.7 Å². The van der Waals surface area contributed by atoms with Gasteiger partial charge in [-0.15, -0.1) is 22.7 Å². The van der Waals surface area contributed by atoms with E-state index in [2.05, 4.69) is 5.32 Å². The van der Waals surface area contributed by atoms with Gasteiger partial charge in [0.25, 0.3) is 0 Å². The van der Waals surface area contributed by atoms with Crippen LogP contribution in [0.1, 0.15) is 71.2 Å². The molecule has 0 aliphatic heterocycles. The molecule has 0 radical (unpaired) electrons. The van der Waals surface area contributed by atoms with Gasteiger partial charge in [-0.25, -0.2) is 9.59 Å². The second kappa shape index (κ2) is 16.8. The number of nitrogens with one attached hydrogen (secondary N) is 1. The molecule has 4 aromatic carbocycles. The van der Waals surface area contributed by atoms with E-state index < -0.39 is 11.9 Å². The van der Waals surface area contributed by atoms with E-state index >= 15 is 0 Å². The molecule has 0 bridgehead atoms. The number of thiophene rings is 2. The van der Waals surface area contributed by atoms with Crippen LogP contribution in [0.25, 0.3) is 20.2 Å². The molecular formula is C39H40N2O7S2. The molecule has 0 spiro atoms. The average Bonchev–Trinajstić information content (AvgIpc) is 3.59. The molecule has 9 nitrogen and oxygen atoms in total. The Hall–Kier alpha value is -5.39. The maximum atomic E-state index is 12.5. The van der Waals surface area contributed by atoms with E-state index in [0.717, 1.165) is 22.3 Å². The average molecular weight is 713 g/mol. The largest absolute Gasteiger partial charge is 0.506 e. The van der Waals surface area contributed by atoms with Gasteiger partial charge in [-0.2, -0.15) is 0 Å². The van der Waals surface area contributed by atoms with Gasteiger partial charge in [0.05, 0.1) is 22.6 Å². The van der Waals surface area contributed by atoms with Gasteiger partial charge in [0.15, 0.2) is 0 Å². The highest BCUT2D eigenvalue weighted by molar-refractivity contribution is 7.24. The fourth-order valence-electron chi connectivity index (χ4n) is 5.43. The molecule has 6 rings (SSSR count). The number of nitrogens with two attached hydrogens (primary N) is 1. The Morgan fingerprint density at radius 1 is 0.680 bits per heavy atom. The van der Waals surface area contributed by atoms with Crippen LogP contribution in [-0.2, 0) is 27.1 Å². The highest BCUT2D eigenvalue weighted by Gasteiger charge is 2.24. The molecule has 11 heteroatoms. The van der Waals surface area contributed by atoms with Crippen molar-refractivity contribution < 1.29 is 34.1 Å². The van der Waals surface area contributed by atoms with Crippen LogP contribution in [-0.4, -0.2) is 41.3 Å². The van der Waals surface area contributed by atoms with Crippen molar-refractivity contribution in [3.8, 4) is 11.5 Å². The lowest BCUT2D eigenvalue weighted by Gasteiger charge is -2.07. The molecule has 0 aliphatic rings. The predicted molar refractivity (Wildman–Crippen MR) is 203 cm³/mol. The molecule has 5 N–H and O–H groups in total. The van der Waals surface area contributed by atoms with E-state index in [1.165, 1.54) is 29.6 Å². The summed E-state index contributed by atoms with van der Waals surface area (Å²) in [7, 11) is 0. The van der Waals surface area contributed by atoms with E-state index in [1.807, 2.05) is 72.8 Å². The van der Waals surface area contributed by atoms with Crippen molar-refractivity contribution in [2.24, 2.45) is 0 Å². The van der Waals surface area contributed by atoms with E-state index in [1.54, 1.807) is 26.0 Å². The van der Waals surface area contributed by atoms with Crippen LogP contribution in [0, 0.1) is 0 Å². The standard InChI is InChI=1S/C20H19NO4S.C18H17NO3S.CH4/c1-3-25-20(24)17-15-10-14(9-13-7-5-4-6-8-13)11-16(23)18(15)26-19(17)21-12(2)22;1-2-22-18(21)15-13-9-12(8-11-6-4-3-5-7-11)10-14(20)16(13)23-17(15)19;/h4-8,10-11,23H,3,9H2,1-2H3,(H,21,22);3-7,9-10,20H,2,8,19H2,1H3;1H4. The molecule has 0 fully saturated rings. The van der Waals surface area contributed by atoms with Crippen LogP contribution in [0.2, 0.25) is 0 Å². The first-order valence-corrected chi connectivity index (χ1v) is 17.2. The maximum absolute atomic E-state index is 12.5. The molecule has 0 unspecified atom stereocenters. The number of fused-ring (bicyclic) bond motifs is 2. The van der Waals surface area contributed by atoms with E-state index in [-0.39, 0.29) is 43.6 Å². The first-order valence-electron chi connectivity index (χ1n) is 15.6. The van der Waals surface area contributed by atoms with Crippen molar-refractivity contribution in [2.45, 2.75) is 41.0 Å². The lowest BCUT2D eigenvalue weighted by Crippen LogP contribution is -2.11. The molecule has 2 aromatic heterocycles. The lowest BCUT2D eigenvalue weighted by atomic mass is 10.0. The van der Waals surface area contributed by atoms with Gasteiger partial charge in [0.2, 0.25) is 5.91 Å². The topological polar surface area (TPSA) is 148 Å². The molecule has 0 saturated carbocycles. The Balaban J connectivity index is 0.000000222. The van der Waals surface area contributed by atoms with E-state index in [0.29, 0.717) is 48.6 Å². The lowest BCUT2D eigenvalue weighted by molar-refractivity contribution is -0.114. The van der Waals surface area contributed by atoms with Crippen LogP contribution in [0.15, 0.2) is 84.9 Å². The van der Waals surface area contributed by atoms with E-state index in [9.17, 15) is 24.6 Å². The number of esters is 2. The Morgan fingerprint density at radius 3 is 1.58 bits per heavy atom. The number of amides is 1. The molecule has 50 heavy (non-hydrogen) atoms. The molecule has 2 heterocycles. The van der Waals surface area contributed by atoms with Crippen LogP contribution < -0.4 is 11.1 Å². The number of phenolic OH excluding ortho intramolecular Hbond substituents is 2. The summed E-state index contributed by atoms with van der Waals surface area (Å²) in [6, 6.07) is 27.0. The smallest absolute Gasteiger partial charge is 0.341 e. The number of aromatic hydroxyl groups is 2. The SMILES string of the molecule is C.CCOC(=O)c1c(N)sc2c(O)cc(Cc3ccccc3)cc12.CCOC(=O)c1c(NC(C)=O)sc2c(O)cc(Cc3ccccc3)cc12. The molecule has 0 saturated heterocycles. The van der Waals surface area contributed by atoms with Crippen LogP contribution >= 0.6 is 22.7 Å². The number of phenols is 2. The minimum Gasteiger partial charge on any atom is -0.506 e. The molecule has 0 aliphatic carbocycles. The zero-order valence-corrected chi connectivity index (χ0v) is 28.9. The van der Waals surface area contributed by atoms with Crippen molar-refractivity contribution in [2.75, 3.05) is 24.3 Å². The number of ether oxygens (including phenoxy) is 2. The fraction of sp³-hybridized carbons (Fsp3) is 0.205. The van der Waals surface area contributed by atoms with Crippen LogP contribution in [0.4, 0.5) is 10.0 Å². The Kier molecular flexibility index (Phi) is 12.6. The monoisotopic (exact) mass is 712 g/mol. The summed E-state index contributed by atoms with van der Waals surface area (Å²) in [5.41, 5.74) is 10.6. The molecular weight excluding hydrogens is 673 g/mol. The van der Waals surface area contributed by atoms with Crippen molar-refractivity contribution in [3.63, 3.8) is 0 Å². The molecule has 6 aromatic rings. The number of carbonyl (C=O) groups is 3. The number of benzene rings is 4. The van der Waals surface area contributed by atoms with Gasteiger partial charge in [-0.1, -0.05) is 68.1 Å². The van der Waals surface area contributed by atoms with Crippen LogP contribution in [0.5, 0.6) is 11.5 Å². The predicted octanol–water partition coefficient (Wildman–Crippen LogP) is 8.93. The van der Waals surface area contributed by atoms with Crippen molar-refractivity contribution >= 4 is 70.7 Å². The fourth-order valence-corrected chi connectivity index (χ4v) is 7.51. The summed E-state index contributed by atoms with van der Waals surface area (Å²) in [6.07, 6.45) is 1.29. The summed E-state index contributed by atoms with van der Waals surface area (Å²) in [5.74, 6) is -1.03. The normalized spacial score (nSPS) is 10.5. The summed E-state index contributed by atoms with van der Waals surface area (Å²) >= 11 is 2.37. The first kappa shape index (κ1) is 37.4. The van der Waals surface area contributed by atoms with Crippen molar-refractivity contribution in [3.05, 3.63) is 118 Å². The minimum atomic E-state index is -0.515. The number of hydrogen-bond donors (Lipinski definition) is 4. The third kappa shape index (κ3) is 8.60. The molecule has 260 valence electrons. The molecule has 1 amide bonds. The Bertz CT molecular complexity index is 2120. The highest BCUT2D eigenvalue weighted by Crippen LogP contribution is 2.42. The third-order valence-electron chi connectivity index (χ3n) is 7.44. The third-order valence-corrected chi connectivity index (χ3v) is 9.64. The highest BCUT2D eigenvalue weighted by atomic mass is 32.1. The summed E-state index contributed by atoms with van der Waals surface area (Å²) in [4.78, 5) is 36.1. The zero-order chi connectivity index (χ0) is 35.1. The van der Waals surface area contributed by atoms with Gasteiger partial charge in [0.1, 0.15) is 32.6 Å². The second-order valence-corrected chi connectivity index (χ2v) is 13.2. The number of carbonyl (C=O) groups excluding carboxylic acids is 3. The number of nitrogen functional groups attached to an aromatic ring is 1. The number of rotatable bonds is 9. The minimum absolute atomic E-state index is 0. The van der Waals surface area contributed by atoms with Gasteiger partial charge >= 0.3 is 11.9 Å². The second-order valence-electron chi connectivity index (χ2n) is 11.1. The molecule has 0 atom stereocenters. The van der Waals surface area contributed by atoms with Gasteiger partial charge < -0.3 is 30.7 Å². The summed E-state index contributed by atoms with van der Waals surface area (Å²) in [5, 5.41) is 25.4. The van der Waals surface area contributed by atoms with E-state index in [4.69, 9.17) is 15.2 Å². The summed E-state index contributed by atoms with van der Waals surface area (Å²) in [6.45, 7) is 5.36. The van der Waals surface area contributed by atoms with Gasteiger partial charge in [-0.3, -0.25) is 4.79 Å². The number of anilines is 2.